The van der Waals surface area contributed by atoms with Crippen LogP contribution in [-0.2, 0) is 0 Å². The predicted octanol–water partition coefficient (Wildman–Crippen LogP) is 8.10. The van der Waals surface area contributed by atoms with Crippen molar-refractivity contribution in [2.24, 2.45) is 0 Å². The average Bonchev–Trinajstić information content (AvgIpc) is 3.47. The summed E-state index contributed by atoms with van der Waals surface area (Å²) < 4.78 is 3.87. The van der Waals surface area contributed by atoms with Gasteiger partial charge >= 0.3 is 0 Å². The Morgan fingerprint density at radius 3 is 1.57 bits per heavy atom. The number of fused-ring (bicyclic) bond motifs is 2. The van der Waals surface area contributed by atoms with Gasteiger partial charge in [0.25, 0.3) is 0 Å². The van der Waals surface area contributed by atoms with Crippen LogP contribution in [0.15, 0.2) is 73.3 Å². The van der Waals surface area contributed by atoms with Crippen LogP contribution < -0.4 is 5.32 Å². The van der Waals surface area contributed by atoms with Crippen LogP contribution >= 0.6 is 58.0 Å². The van der Waals surface area contributed by atoms with Crippen molar-refractivity contribution in [2.45, 2.75) is 0 Å². The van der Waals surface area contributed by atoms with Crippen molar-refractivity contribution in [1.82, 2.24) is 28.7 Å². The molecule has 0 bridgehead atoms. The summed E-state index contributed by atoms with van der Waals surface area (Å²) in [6, 6.07) is 14.4. The molecule has 0 spiro atoms. The molecule has 0 amide bonds. The van der Waals surface area contributed by atoms with E-state index in [0.29, 0.717) is 31.3 Å². The normalized spacial score (nSPS) is 11.0. The summed E-state index contributed by atoms with van der Waals surface area (Å²) in [5.74, 6) is 0.714. The first kappa shape index (κ1) is 25.6. The van der Waals surface area contributed by atoms with Gasteiger partial charge in [0.05, 0.1) is 23.8 Å². The molecule has 0 atom stereocenters. The fourth-order valence-electron chi connectivity index (χ4n) is 3.72. The monoisotopic (exact) mass is 589 g/mol. The van der Waals surface area contributed by atoms with E-state index in [1.807, 2.05) is 39.4 Å². The minimum absolute atomic E-state index is 0.349. The number of pyridine rings is 4. The maximum Gasteiger partial charge on any atom is 0.138 e. The highest BCUT2D eigenvalue weighted by Gasteiger charge is 2.10. The first-order valence-electron chi connectivity index (χ1n) is 10.7. The van der Waals surface area contributed by atoms with Gasteiger partial charge in [-0.3, -0.25) is 8.80 Å². The number of hydrogen-bond donors (Lipinski definition) is 1. The second-order valence-electron chi connectivity index (χ2n) is 7.75. The highest BCUT2D eigenvalue weighted by molar-refractivity contribution is 6.33. The number of halogens is 5. The van der Waals surface area contributed by atoms with E-state index in [2.05, 4.69) is 25.3 Å². The SMILES string of the molecule is CNc1cc(-c2cnc3cc(Cl)ccn23)cc(Cl)n1.Clc1ccn2c(-c3cc(Cl)nc(Cl)c3)cnc2c1. The molecule has 7 nitrogen and oxygen atoms in total. The minimum Gasteiger partial charge on any atom is -0.373 e. The van der Waals surface area contributed by atoms with E-state index in [0.717, 1.165) is 33.8 Å². The smallest absolute Gasteiger partial charge is 0.138 e. The molecular weight excluding hydrogens is 576 g/mol. The summed E-state index contributed by atoms with van der Waals surface area (Å²) in [5, 5.41) is 5.42. The van der Waals surface area contributed by atoms with Crippen molar-refractivity contribution >= 4 is 75.1 Å². The number of imidazole rings is 2. The second-order valence-corrected chi connectivity index (χ2v) is 9.78. The summed E-state index contributed by atoms with van der Waals surface area (Å²) >= 11 is 29.7. The van der Waals surface area contributed by atoms with Gasteiger partial charge in [0.1, 0.15) is 32.6 Å². The van der Waals surface area contributed by atoms with Crippen LogP contribution in [0.5, 0.6) is 0 Å². The van der Waals surface area contributed by atoms with Crippen molar-refractivity contribution < 1.29 is 0 Å². The van der Waals surface area contributed by atoms with E-state index in [1.54, 1.807) is 49.8 Å². The average molecular weight is 592 g/mol. The molecule has 0 aliphatic carbocycles. The zero-order chi connectivity index (χ0) is 26.1. The molecule has 6 heterocycles. The van der Waals surface area contributed by atoms with Gasteiger partial charge in [0.2, 0.25) is 0 Å². The molecule has 0 aliphatic heterocycles. The third-order valence-corrected chi connectivity index (χ3v) is 6.41. The highest BCUT2D eigenvalue weighted by Crippen LogP contribution is 2.28. The van der Waals surface area contributed by atoms with Gasteiger partial charge in [-0.1, -0.05) is 58.0 Å². The van der Waals surface area contributed by atoms with Crippen molar-refractivity contribution in [3.63, 3.8) is 0 Å². The van der Waals surface area contributed by atoms with Crippen LogP contribution in [0.25, 0.3) is 33.8 Å². The largest absolute Gasteiger partial charge is 0.373 e. The maximum atomic E-state index is 6.02. The van der Waals surface area contributed by atoms with Gasteiger partial charge in [-0.15, -0.1) is 0 Å². The van der Waals surface area contributed by atoms with Gasteiger partial charge in [0.15, 0.2) is 0 Å². The summed E-state index contributed by atoms with van der Waals surface area (Å²) in [6.07, 6.45) is 7.26. The van der Waals surface area contributed by atoms with Crippen LogP contribution in [-0.4, -0.2) is 35.8 Å². The van der Waals surface area contributed by atoms with E-state index >= 15 is 0 Å². The van der Waals surface area contributed by atoms with Crippen LogP contribution in [0.1, 0.15) is 0 Å². The molecule has 0 fully saturated rings. The number of anilines is 1. The summed E-state index contributed by atoms with van der Waals surface area (Å²) in [5.41, 5.74) is 5.18. The quantitative estimate of drug-likeness (QED) is 0.211. The van der Waals surface area contributed by atoms with Crippen molar-refractivity contribution in [3.8, 4) is 22.5 Å². The molecule has 6 aromatic rings. The molecule has 0 saturated carbocycles. The highest BCUT2D eigenvalue weighted by atomic mass is 35.5. The number of aromatic nitrogens is 6. The Labute approximate surface area is 236 Å². The van der Waals surface area contributed by atoms with Crippen molar-refractivity contribution in [1.29, 1.82) is 0 Å². The molecule has 0 aromatic carbocycles. The zero-order valence-electron chi connectivity index (χ0n) is 19.0. The fourth-order valence-corrected chi connectivity index (χ4v) is 4.70. The lowest BCUT2D eigenvalue weighted by Gasteiger charge is -2.05. The molecule has 0 saturated heterocycles. The van der Waals surface area contributed by atoms with E-state index in [9.17, 15) is 0 Å². The Hall–Kier alpha value is -3.07. The van der Waals surface area contributed by atoms with Gasteiger partial charge in [-0.2, -0.15) is 0 Å². The Balaban J connectivity index is 0.000000152. The van der Waals surface area contributed by atoms with E-state index in [4.69, 9.17) is 58.0 Å². The first-order chi connectivity index (χ1) is 17.8. The first-order valence-corrected chi connectivity index (χ1v) is 12.6. The van der Waals surface area contributed by atoms with Crippen LogP contribution in [0.2, 0.25) is 25.5 Å². The molecule has 6 aromatic heterocycles. The summed E-state index contributed by atoms with van der Waals surface area (Å²) in [6.45, 7) is 0. The maximum absolute atomic E-state index is 6.02. The predicted molar refractivity (Wildman–Crippen MR) is 151 cm³/mol. The molecule has 0 radical (unpaired) electrons. The molecular formula is C25H16Cl5N7. The number of rotatable bonds is 3. The minimum atomic E-state index is 0.349. The second kappa shape index (κ2) is 10.7. The molecule has 6 rings (SSSR count). The number of nitrogens with one attached hydrogen (secondary N) is 1. The summed E-state index contributed by atoms with van der Waals surface area (Å²) in [4.78, 5) is 16.7. The Morgan fingerprint density at radius 2 is 1.08 bits per heavy atom. The van der Waals surface area contributed by atoms with E-state index < -0.39 is 0 Å². The lowest BCUT2D eigenvalue weighted by molar-refractivity contribution is 1.18. The standard InChI is InChI=1S/C13H10Cl2N4.C12H6Cl3N3/c1-16-12-5-8(4-11(15)18-12)10-7-17-13-6-9(14)2-3-19(10)13;13-8-1-2-18-9(6-16-12(18)5-8)7-3-10(14)17-11(15)4-7/h2-7H,1H3,(H,16,18);1-6H. The Kier molecular flexibility index (Phi) is 7.42. The van der Waals surface area contributed by atoms with Gasteiger partial charge in [-0.05, 0) is 36.4 Å². The fraction of sp³-hybridized carbons (Fsp3) is 0.0400. The van der Waals surface area contributed by atoms with Gasteiger partial charge in [0, 0.05) is 52.7 Å². The molecule has 12 heteroatoms. The molecule has 186 valence electrons. The van der Waals surface area contributed by atoms with Crippen molar-refractivity contribution in [3.05, 3.63) is 98.8 Å². The molecule has 0 unspecified atom stereocenters. The molecule has 1 N–H and O–H groups in total. The van der Waals surface area contributed by atoms with Crippen molar-refractivity contribution in [2.75, 3.05) is 12.4 Å². The van der Waals surface area contributed by atoms with E-state index in [1.165, 1.54) is 0 Å². The van der Waals surface area contributed by atoms with Gasteiger partial charge in [-0.25, -0.2) is 19.9 Å². The van der Waals surface area contributed by atoms with Crippen LogP contribution in [0.3, 0.4) is 0 Å². The molecule has 37 heavy (non-hydrogen) atoms. The molecule has 0 aliphatic rings. The zero-order valence-corrected chi connectivity index (χ0v) is 22.8. The number of hydrogen-bond acceptors (Lipinski definition) is 5. The topological polar surface area (TPSA) is 72.4 Å². The number of nitrogens with zero attached hydrogens (tertiary/aromatic N) is 6. The Morgan fingerprint density at radius 1 is 0.622 bits per heavy atom. The third kappa shape index (κ3) is 5.61. The van der Waals surface area contributed by atoms with E-state index in [-0.39, 0.29) is 0 Å². The third-order valence-electron chi connectivity index (χ3n) is 5.36. The Bertz CT molecular complexity index is 1720. The summed E-state index contributed by atoms with van der Waals surface area (Å²) in [7, 11) is 1.80. The lowest BCUT2D eigenvalue weighted by Crippen LogP contribution is -1.94. The van der Waals surface area contributed by atoms with Gasteiger partial charge < -0.3 is 5.32 Å². The van der Waals surface area contributed by atoms with Crippen LogP contribution in [0.4, 0.5) is 5.82 Å². The van der Waals surface area contributed by atoms with Crippen LogP contribution in [0, 0.1) is 0 Å². The lowest BCUT2D eigenvalue weighted by atomic mass is 10.2.